The molecule has 1 heterocycles. The maximum absolute atomic E-state index is 13.0. The molecular weight excluding hydrogens is 366 g/mol. The molecular formula is C19H15F4NO3. The Morgan fingerprint density at radius 2 is 1.74 bits per heavy atom. The summed E-state index contributed by atoms with van der Waals surface area (Å²) < 4.78 is 53.8. The Morgan fingerprint density at radius 1 is 1.04 bits per heavy atom. The molecule has 0 N–H and O–H groups in total. The first-order chi connectivity index (χ1) is 12.7. The summed E-state index contributed by atoms with van der Waals surface area (Å²) in [5, 5.41) is 0. The van der Waals surface area contributed by atoms with Crippen molar-refractivity contribution in [1.82, 2.24) is 4.90 Å². The van der Waals surface area contributed by atoms with Crippen LogP contribution in [0.2, 0.25) is 0 Å². The number of hydrogen-bond acceptors (Lipinski definition) is 3. The zero-order chi connectivity index (χ0) is 19.6. The predicted molar refractivity (Wildman–Crippen MR) is 87.9 cm³/mol. The van der Waals surface area contributed by atoms with E-state index < -0.39 is 29.8 Å². The highest BCUT2D eigenvalue weighted by atomic mass is 19.4. The van der Waals surface area contributed by atoms with E-state index in [2.05, 4.69) is 4.74 Å². The van der Waals surface area contributed by atoms with Crippen LogP contribution in [0.1, 0.15) is 27.1 Å². The van der Waals surface area contributed by atoms with E-state index in [9.17, 15) is 27.2 Å². The van der Waals surface area contributed by atoms with Crippen LogP contribution < -0.4 is 4.74 Å². The zero-order valence-electron chi connectivity index (χ0n) is 14.0. The van der Waals surface area contributed by atoms with E-state index in [4.69, 9.17) is 0 Å². The average molecular weight is 381 g/mol. The number of nitrogens with zero attached hydrogens (tertiary/aromatic N) is 1. The van der Waals surface area contributed by atoms with E-state index >= 15 is 0 Å². The molecule has 1 amide bonds. The van der Waals surface area contributed by atoms with Gasteiger partial charge in [0.05, 0.1) is 0 Å². The van der Waals surface area contributed by atoms with E-state index in [0.717, 1.165) is 12.1 Å². The number of halogens is 4. The Kier molecular flexibility index (Phi) is 5.16. The highest BCUT2D eigenvalue weighted by Crippen LogP contribution is 2.26. The zero-order valence-corrected chi connectivity index (χ0v) is 14.0. The van der Waals surface area contributed by atoms with Crippen LogP contribution in [0.15, 0.2) is 48.5 Å². The molecule has 0 saturated carbocycles. The second kappa shape index (κ2) is 7.38. The van der Waals surface area contributed by atoms with Crippen LogP contribution in [0.25, 0.3) is 0 Å². The van der Waals surface area contributed by atoms with Gasteiger partial charge in [-0.3, -0.25) is 9.59 Å². The maximum Gasteiger partial charge on any atom is 0.573 e. The van der Waals surface area contributed by atoms with Gasteiger partial charge in [0.2, 0.25) is 0 Å². The molecule has 2 aromatic rings. The van der Waals surface area contributed by atoms with E-state index in [1.165, 1.54) is 41.3 Å². The largest absolute Gasteiger partial charge is 0.573 e. The first-order valence-corrected chi connectivity index (χ1v) is 8.18. The molecule has 2 aromatic carbocycles. The lowest BCUT2D eigenvalue weighted by atomic mass is 9.97. The molecule has 27 heavy (non-hydrogen) atoms. The standard InChI is InChI=1S/C19H15F4NO3/c20-15-6-4-12(5-7-15)17(25)14-8-9-24(11-14)18(26)13-2-1-3-16(10-13)27-19(21,22)23/h1-7,10,14H,8-9,11H2. The molecule has 1 aliphatic heterocycles. The van der Waals surface area contributed by atoms with E-state index in [-0.39, 0.29) is 17.9 Å². The molecule has 142 valence electrons. The monoisotopic (exact) mass is 381 g/mol. The molecule has 0 aliphatic carbocycles. The third-order valence-corrected chi connectivity index (χ3v) is 4.29. The number of hydrogen-bond donors (Lipinski definition) is 0. The van der Waals surface area contributed by atoms with Gasteiger partial charge in [0.1, 0.15) is 11.6 Å². The van der Waals surface area contributed by atoms with Crippen molar-refractivity contribution in [3.05, 3.63) is 65.5 Å². The molecule has 1 saturated heterocycles. The summed E-state index contributed by atoms with van der Waals surface area (Å²) in [5.41, 5.74) is 0.405. The lowest BCUT2D eigenvalue weighted by Crippen LogP contribution is -2.30. The summed E-state index contributed by atoms with van der Waals surface area (Å²) in [5.74, 6) is -2.03. The van der Waals surface area contributed by atoms with Crippen molar-refractivity contribution in [2.75, 3.05) is 13.1 Å². The molecule has 3 rings (SSSR count). The highest BCUT2D eigenvalue weighted by Gasteiger charge is 2.33. The normalized spacial score (nSPS) is 17.0. The minimum absolute atomic E-state index is 0.0478. The number of Topliss-reactive ketones (excluding diaryl/α,β-unsaturated/α-hetero) is 1. The average Bonchev–Trinajstić information content (AvgIpc) is 3.10. The molecule has 8 heteroatoms. The molecule has 1 atom stereocenters. The number of ketones is 1. The van der Waals surface area contributed by atoms with Crippen molar-refractivity contribution >= 4 is 11.7 Å². The summed E-state index contributed by atoms with van der Waals surface area (Å²) in [6, 6.07) is 9.97. The topological polar surface area (TPSA) is 46.6 Å². The third-order valence-electron chi connectivity index (χ3n) is 4.29. The number of likely N-dealkylation sites (tertiary alicyclic amines) is 1. The van der Waals surface area contributed by atoms with Gasteiger partial charge in [0, 0.05) is 30.1 Å². The van der Waals surface area contributed by atoms with Crippen LogP contribution in [-0.4, -0.2) is 36.0 Å². The number of rotatable bonds is 4. The molecule has 4 nitrogen and oxygen atoms in total. The lowest BCUT2D eigenvalue weighted by Gasteiger charge is -2.17. The van der Waals surface area contributed by atoms with Gasteiger partial charge >= 0.3 is 6.36 Å². The number of benzene rings is 2. The fourth-order valence-corrected chi connectivity index (χ4v) is 3.02. The molecule has 0 radical (unpaired) electrons. The highest BCUT2D eigenvalue weighted by molar-refractivity contribution is 6.00. The van der Waals surface area contributed by atoms with Gasteiger partial charge in [0.15, 0.2) is 5.78 Å². The minimum atomic E-state index is -4.85. The number of carbonyl (C=O) groups is 2. The molecule has 1 unspecified atom stereocenters. The van der Waals surface area contributed by atoms with Crippen molar-refractivity contribution in [3.63, 3.8) is 0 Å². The van der Waals surface area contributed by atoms with E-state index in [1.807, 2.05) is 0 Å². The summed E-state index contributed by atoms with van der Waals surface area (Å²) in [7, 11) is 0. The van der Waals surface area contributed by atoms with Gasteiger partial charge < -0.3 is 9.64 Å². The van der Waals surface area contributed by atoms with Crippen molar-refractivity contribution in [3.8, 4) is 5.75 Å². The molecule has 0 bridgehead atoms. The van der Waals surface area contributed by atoms with Crippen LogP contribution >= 0.6 is 0 Å². The van der Waals surface area contributed by atoms with Crippen molar-refractivity contribution in [1.29, 1.82) is 0 Å². The Hall–Kier alpha value is -2.90. The van der Waals surface area contributed by atoms with Crippen LogP contribution in [0.4, 0.5) is 17.6 Å². The van der Waals surface area contributed by atoms with Gasteiger partial charge in [-0.1, -0.05) is 6.07 Å². The molecule has 1 fully saturated rings. The summed E-state index contributed by atoms with van der Waals surface area (Å²) in [6.07, 6.45) is -4.41. The summed E-state index contributed by atoms with van der Waals surface area (Å²) in [6.45, 7) is 0.459. The molecule has 0 aromatic heterocycles. The van der Waals surface area contributed by atoms with E-state index in [0.29, 0.717) is 18.5 Å². The first-order valence-electron chi connectivity index (χ1n) is 8.18. The van der Waals surface area contributed by atoms with E-state index in [1.54, 1.807) is 0 Å². The molecule has 0 spiro atoms. The van der Waals surface area contributed by atoms with Crippen LogP contribution in [0, 0.1) is 11.7 Å². The quantitative estimate of drug-likeness (QED) is 0.593. The van der Waals surface area contributed by atoms with Crippen molar-refractivity contribution < 1.29 is 31.9 Å². The minimum Gasteiger partial charge on any atom is -0.406 e. The lowest BCUT2D eigenvalue weighted by molar-refractivity contribution is -0.274. The van der Waals surface area contributed by atoms with Crippen LogP contribution in [0.5, 0.6) is 5.75 Å². The Balaban J connectivity index is 1.68. The SMILES string of the molecule is O=C(c1ccc(F)cc1)C1CCN(C(=O)c2cccc(OC(F)(F)F)c2)C1. The Labute approximate surface area is 152 Å². The fourth-order valence-electron chi connectivity index (χ4n) is 3.02. The van der Waals surface area contributed by atoms with Crippen LogP contribution in [0.3, 0.4) is 0 Å². The Bertz CT molecular complexity index is 849. The van der Waals surface area contributed by atoms with Gasteiger partial charge in [0.25, 0.3) is 5.91 Å². The van der Waals surface area contributed by atoms with Gasteiger partial charge in [-0.15, -0.1) is 13.2 Å². The summed E-state index contributed by atoms with van der Waals surface area (Å²) in [4.78, 5) is 26.4. The second-order valence-corrected chi connectivity index (χ2v) is 6.18. The van der Waals surface area contributed by atoms with Gasteiger partial charge in [-0.25, -0.2) is 4.39 Å². The second-order valence-electron chi connectivity index (χ2n) is 6.18. The van der Waals surface area contributed by atoms with Crippen LogP contribution in [-0.2, 0) is 0 Å². The van der Waals surface area contributed by atoms with Gasteiger partial charge in [-0.2, -0.15) is 0 Å². The predicted octanol–water partition coefficient (Wildman–Crippen LogP) is 4.07. The number of alkyl halides is 3. The number of carbonyl (C=O) groups excluding carboxylic acids is 2. The van der Waals surface area contributed by atoms with Crippen molar-refractivity contribution in [2.45, 2.75) is 12.8 Å². The van der Waals surface area contributed by atoms with Crippen molar-refractivity contribution in [2.24, 2.45) is 5.92 Å². The number of amides is 1. The first kappa shape index (κ1) is 18.9. The number of ether oxygens (including phenoxy) is 1. The molecule has 1 aliphatic rings. The fraction of sp³-hybridized carbons (Fsp3) is 0.263. The van der Waals surface area contributed by atoms with Gasteiger partial charge in [-0.05, 0) is 48.9 Å². The third kappa shape index (κ3) is 4.64. The summed E-state index contributed by atoms with van der Waals surface area (Å²) >= 11 is 0. The smallest absolute Gasteiger partial charge is 0.406 e. The Morgan fingerprint density at radius 3 is 2.41 bits per heavy atom. The maximum atomic E-state index is 13.0.